The highest BCUT2D eigenvalue weighted by molar-refractivity contribution is 6.35. The van der Waals surface area contributed by atoms with Crippen LogP contribution in [0.3, 0.4) is 0 Å². The standard InChI is InChI=1S/C25H23Cl2N5O5/c1-2-3-8-37-24(36)13-4-6-16(7-5-13)28-22(34)18-12-19(33)30-21-20(18)23(35)32-25(31-21)29-17-10-14(26)9-15(27)11-17/h4-7,9-11,18H,2-3,8,12H2,1H3,(H,28,34)(H3,29,30,31,32,33,35)/t18-/m0/s1. The number of nitrogens with zero attached hydrogens (tertiary/aromatic N) is 1. The number of rotatable bonds is 8. The molecule has 1 aliphatic rings. The van der Waals surface area contributed by atoms with Crippen LogP contribution in [0.4, 0.5) is 23.1 Å². The van der Waals surface area contributed by atoms with E-state index in [0.717, 1.165) is 12.8 Å². The largest absolute Gasteiger partial charge is 0.462 e. The number of fused-ring (bicyclic) bond motifs is 1. The molecule has 2 heterocycles. The maximum Gasteiger partial charge on any atom is 0.338 e. The molecule has 4 rings (SSSR count). The molecule has 2 aromatic carbocycles. The first kappa shape index (κ1) is 26.2. The van der Waals surface area contributed by atoms with Gasteiger partial charge in [0.2, 0.25) is 17.8 Å². The average molecular weight is 544 g/mol. The summed E-state index contributed by atoms with van der Waals surface area (Å²) in [4.78, 5) is 57.3. The second-order valence-corrected chi connectivity index (χ2v) is 9.19. The highest BCUT2D eigenvalue weighted by atomic mass is 35.5. The number of amides is 2. The monoisotopic (exact) mass is 543 g/mol. The number of nitrogens with one attached hydrogen (secondary N) is 4. The number of unbranched alkanes of at least 4 members (excludes halogenated alkanes) is 1. The smallest absolute Gasteiger partial charge is 0.338 e. The molecule has 1 atom stereocenters. The summed E-state index contributed by atoms with van der Waals surface area (Å²) in [5, 5.41) is 8.87. The molecule has 2 amide bonds. The van der Waals surface area contributed by atoms with Gasteiger partial charge in [-0.05, 0) is 48.9 Å². The lowest BCUT2D eigenvalue weighted by atomic mass is 9.92. The van der Waals surface area contributed by atoms with E-state index in [2.05, 4.69) is 25.9 Å². The lowest BCUT2D eigenvalue weighted by molar-refractivity contribution is -0.123. The lowest BCUT2D eigenvalue weighted by Gasteiger charge is -2.23. The van der Waals surface area contributed by atoms with Gasteiger partial charge in [0, 0.05) is 27.8 Å². The minimum absolute atomic E-state index is 0.0269. The molecule has 10 nitrogen and oxygen atoms in total. The molecule has 12 heteroatoms. The van der Waals surface area contributed by atoms with Crippen molar-refractivity contribution >= 4 is 64.1 Å². The molecule has 1 aromatic heterocycles. The van der Waals surface area contributed by atoms with Crippen molar-refractivity contribution < 1.29 is 19.1 Å². The normalized spacial score (nSPS) is 14.4. The summed E-state index contributed by atoms with van der Waals surface area (Å²) in [5.41, 5.74) is 0.643. The number of esters is 1. The van der Waals surface area contributed by atoms with Gasteiger partial charge in [-0.3, -0.25) is 19.4 Å². The number of anilines is 4. The number of ether oxygens (including phenoxy) is 1. The van der Waals surface area contributed by atoms with Gasteiger partial charge in [-0.15, -0.1) is 0 Å². The van der Waals surface area contributed by atoms with Crippen LogP contribution in [0.5, 0.6) is 0 Å². The second-order valence-electron chi connectivity index (χ2n) is 8.32. The number of aromatic amines is 1. The Morgan fingerprint density at radius 1 is 1.08 bits per heavy atom. The van der Waals surface area contributed by atoms with Crippen LogP contribution in [0.25, 0.3) is 0 Å². The van der Waals surface area contributed by atoms with E-state index in [1.165, 1.54) is 12.1 Å². The van der Waals surface area contributed by atoms with Gasteiger partial charge < -0.3 is 20.7 Å². The Kier molecular flexibility index (Phi) is 8.10. The third-order valence-electron chi connectivity index (χ3n) is 5.51. The van der Waals surface area contributed by atoms with Crippen molar-refractivity contribution in [3.8, 4) is 0 Å². The summed E-state index contributed by atoms with van der Waals surface area (Å²) in [6.07, 6.45) is 1.45. The predicted octanol–water partition coefficient (Wildman–Crippen LogP) is 4.84. The fourth-order valence-corrected chi connectivity index (χ4v) is 4.25. The minimum atomic E-state index is -1.08. The minimum Gasteiger partial charge on any atom is -0.462 e. The van der Waals surface area contributed by atoms with E-state index in [-0.39, 0.29) is 23.8 Å². The Morgan fingerprint density at radius 3 is 2.46 bits per heavy atom. The van der Waals surface area contributed by atoms with E-state index in [0.29, 0.717) is 33.6 Å². The number of H-pyrrole nitrogens is 1. The van der Waals surface area contributed by atoms with Crippen LogP contribution in [0, 0.1) is 0 Å². The van der Waals surface area contributed by atoms with Crippen LogP contribution in [-0.4, -0.2) is 34.4 Å². The molecule has 0 saturated heterocycles. The molecule has 4 N–H and O–H groups in total. The van der Waals surface area contributed by atoms with E-state index in [4.69, 9.17) is 27.9 Å². The molecule has 0 unspecified atom stereocenters. The van der Waals surface area contributed by atoms with Gasteiger partial charge in [0.1, 0.15) is 5.82 Å². The molecular weight excluding hydrogens is 521 g/mol. The van der Waals surface area contributed by atoms with Gasteiger partial charge in [0.25, 0.3) is 5.56 Å². The Hall–Kier alpha value is -3.89. The molecule has 0 saturated carbocycles. The van der Waals surface area contributed by atoms with Crippen molar-refractivity contribution in [1.29, 1.82) is 0 Å². The highest BCUT2D eigenvalue weighted by Crippen LogP contribution is 2.31. The van der Waals surface area contributed by atoms with Crippen LogP contribution >= 0.6 is 23.2 Å². The highest BCUT2D eigenvalue weighted by Gasteiger charge is 2.34. The maximum atomic E-state index is 13.1. The van der Waals surface area contributed by atoms with E-state index in [1.54, 1.807) is 30.3 Å². The number of carbonyl (C=O) groups is 3. The van der Waals surface area contributed by atoms with Gasteiger partial charge in [0.05, 0.1) is 23.7 Å². The third-order valence-corrected chi connectivity index (χ3v) is 5.95. The van der Waals surface area contributed by atoms with Crippen molar-refractivity contribution in [3.05, 3.63) is 74.0 Å². The zero-order valence-corrected chi connectivity index (χ0v) is 21.2. The van der Waals surface area contributed by atoms with Gasteiger partial charge in [-0.2, -0.15) is 4.98 Å². The number of aromatic nitrogens is 2. The van der Waals surface area contributed by atoms with Crippen LogP contribution in [0.1, 0.15) is 48.0 Å². The van der Waals surface area contributed by atoms with Gasteiger partial charge in [-0.25, -0.2) is 4.79 Å². The summed E-state index contributed by atoms with van der Waals surface area (Å²) in [6.45, 7) is 2.33. The second kappa shape index (κ2) is 11.4. The lowest BCUT2D eigenvalue weighted by Crippen LogP contribution is -2.36. The quantitative estimate of drug-likeness (QED) is 0.235. The third kappa shape index (κ3) is 6.46. The summed E-state index contributed by atoms with van der Waals surface area (Å²) in [5.74, 6) is -2.55. The number of hydrogen-bond donors (Lipinski definition) is 4. The molecule has 1 aliphatic heterocycles. The predicted molar refractivity (Wildman–Crippen MR) is 141 cm³/mol. The maximum absolute atomic E-state index is 13.1. The Balaban J connectivity index is 1.51. The van der Waals surface area contributed by atoms with Crippen LogP contribution in [0.2, 0.25) is 10.0 Å². The number of halogens is 2. The number of hydrogen-bond acceptors (Lipinski definition) is 7. The van der Waals surface area contributed by atoms with Crippen molar-refractivity contribution in [3.63, 3.8) is 0 Å². The van der Waals surface area contributed by atoms with Gasteiger partial charge in [0.15, 0.2) is 0 Å². The van der Waals surface area contributed by atoms with E-state index in [9.17, 15) is 19.2 Å². The molecular formula is C25H23Cl2N5O5. The van der Waals surface area contributed by atoms with E-state index >= 15 is 0 Å². The van der Waals surface area contributed by atoms with Crippen molar-refractivity contribution in [2.45, 2.75) is 32.1 Å². The molecule has 0 bridgehead atoms. The molecule has 0 spiro atoms. The average Bonchev–Trinajstić information content (AvgIpc) is 2.83. The van der Waals surface area contributed by atoms with Gasteiger partial charge in [-0.1, -0.05) is 36.5 Å². The van der Waals surface area contributed by atoms with E-state index < -0.39 is 29.3 Å². The fourth-order valence-electron chi connectivity index (χ4n) is 3.73. The van der Waals surface area contributed by atoms with Crippen molar-refractivity contribution in [2.24, 2.45) is 0 Å². The van der Waals surface area contributed by atoms with Crippen molar-refractivity contribution in [1.82, 2.24) is 9.97 Å². The van der Waals surface area contributed by atoms with Crippen LogP contribution in [-0.2, 0) is 14.3 Å². The first-order chi connectivity index (χ1) is 17.7. The summed E-state index contributed by atoms with van der Waals surface area (Å²) < 4.78 is 5.17. The van der Waals surface area contributed by atoms with E-state index in [1.807, 2.05) is 6.92 Å². The summed E-state index contributed by atoms with van der Waals surface area (Å²) >= 11 is 12.0. The fraction of sp³-hybridized carbons (Fsp3) is 0.240. The zero-order chi connectivity index (χ0) is 26.5. The summed E-state index contributed by atoms with van der Waals surface area (Å²) in [7, 11) is 0. The van der Waals surface area contributed by atoms with Gasteiger partial charge >= 0.3 is 5.97 Å². The van der Waals surface area contributed by atoms with Crippen LogP contribution < -0.4 is 21.5 Å². The first-order valence-corrected chi connectivity index (χ1v) is 12.2. The Labute approximate surface area is 221 Å². The SMILES string of the molecule is CCCCOC(=O)c1ccc(NC(=O)[C@H]2CC(=O)Nc3nc(Nc4cc(Cl)cc(Cl)c4)[nH]c(=O)c32)cc1. The van der Waals surface area contributed by atoms with Crippen LogP contribution in [0.15, 0.2) is 47.3 Å². The zero-order valence-electron chi connectivity index (χ0n) is 19.7. The number of carbonyl (C=O) groups excluding carboxylic acids is 3. The molecule has 37 heavy (non-hydrogen) atoms. The molecule has 0 fully saturated rings. The molecule has 192 valence electrons. The topological polar surface area (TPSA) is 142 Å². The number of benzene rings is 2. The molecule has 3 aromatic rings. The summed E-state index contributed by atoms with van der Waals surface area (Å²) in [6, 6.07) is 10.9. The molecule has 0 aliphatic carbocycles. The van der Waals surface area contributed by atoms with Crippen molar-refractivity contribution in [2.75, 3.05) is 22.6 Å². The first-order valence-electron chi connectivity index (χ1n) is 11.5. The Bertz CT molecular complexity index is 1390. The Morgan fingerprint density at radius 2 is 1.78 bits per heavy atom. The molecule has 0 radical (unpaired) electrons.